The SMILES string of the molecule is C[C@@H](Oc1cccc(NC(=O)COc2cccc(NC(=O)COc3cccc(NC(=O)COc4cccc(N)c4)c3)c2)c1)C(=O)Nc1cccc(OCC(=O)O)c1. The summed E-state index contributed by atoms with van der Waals surface area (Å²) in [5.41, 5.74) is 7.89. The second kappa shape index (κ2) is 20.1. The minimum absolute atomic E-state index is 0.229. The first-order valence-electron chi connectivity index (χ1n) is 17.3. The molecule has 0 aromatic heterocycles. The fourth-order valence-electron chi connectivity index (χ4n) is 4.93. The molecule has 0 unspecified atom stereocenters. The van der Waals surface area contributed by atoms with Gasteiger partial charge in [-0.05, 0) is 67.6 Å². The number of rotatable bonds is 19. The van der Waals surface area contributed by atoms with Gasteiger partial charge in [0.1, 0.15) is 28.7 Å². The molecule has 16 nitrogen and oxygen atoms in total. The molecule has 0 saturated heterocycles. The Labute approximate surface area is 326 Å². The highest BCUT2D eigenvalue weighted by Crippen LogP contribution is 2.23. The summed E-state index contributed by atoms with van der Waals surface area (Å²) in [6.45, 7) is 0.129. The average molecular weight is 778 g/mol. The van der Waals surface area contributed by atoms with E-state index in [4.69, 9.17) is 34.5 Å². The molecule has 7 N–H and O–H groups in total. The van der Waals surface area contributed by atoms with E-state index in [1.807, 2.05) is 0 Å². The Kier molecular flexibility index (Phi) is 14.2. The molecular formula is C41H39N5O11. The molecule has 1 atom stereocenters. The van der Waals surface area contributed by atoms with Gasteiger partial charge in [-0.3, -0.25) is 19.2 Å². The molecule has 0 heterocycles. The summed E-state index contributed by atoms with van der Waals surface area (Å²) in [7, 11) is 0. The highest BCUT2D eigenvalue weighted by Gasteiger charge is 2.16. The van der Waals surface area contributed by atoms with Gasteiger partial charge in [0.05, 0.1) is 0 Å². The van der Waals surface area contributed by atoms with E-state index < -0.39 is 42.3 Å². The second-order valence-electron chi connectivity index (χ2n) is 12.1. The highest BCUT2D eigenvalue weighted by molar-refractivity contribution is 5.95. The molecule has 5 aromatic rings. The molecule has 0 fully saturated rings. The quantitative estimate of drug-likeness (QED) is 0.0596. The number of hydrogen-bond donors (Lipinski definition) is 6. The van der Waals surface area contributed by atoms with Crippen LogP contribution < -0.4 is 50.7 Å². The van der Waals surface area contributed by atoms with Gasteiger partial charge in [0.15, 0.2) is 32.5 Å². The van der Waals surface area contributed by atoms with Crippen molar-refractivity contribution in [2.24, 2.45) is 0 Å². The number of carboxylic acid groups (broad SMARTS) is 1. The normalized spacial score (nSPS) is 10.9. The minimum Gasteiger partial charge on any atom is -0.484 e. The van der Waals surface area contributed by atoms with Gasteiger partial charge in [-0.1, -0.05) is 30.3 Å². The lowest BCUT2D eigenvalue weighted by Crippen LogP contribution is -2.30. The molecule has 294 valence electrons. The summed E-state index contributed by atoms with van der Waals surface area (Å²) < 4.78 is 27.6. The Morgan fingerprint density at radius 3 is 1.28 bits per heavy atom. The predicted molar refractivity (Wildman–Crippen MR) is 211 cm³/mol. The lowest BCUT2D eigenvalue weighted by Gasteiger charge is -2.16. The Balaban J connectivity index is 1.03. The fraction of sp³-hybridized carbons (Fsp3) is 0.146. The van der Waals surface area contributed by atoms with E-state index in [0.29, 0.717) is 51.4 Å². The Morgan fingerprint density at radius 2 is 0.860 bits per heavy atom. The van der Waals surface area contributed by atoms with Crippen LogP contribution in [-0.4, -0.2) is 67.2 Å². The number of nitrogens with one attached hydrogen (secondary N) is 4. The molecule has 4 amide bonds. The first-order valence-corrected chi connectivity index (χ1v) is 17.3. The van der Waals surface area contributed by atoms with Crippen molar-refractivity contribution in [3.05, 3.63) is 121 Å². The molecule has 5 aromatic carbocycles. The van der Waals surface area contributed by atoms with Crippen LogP contribution in [0.2, 0.25) is 0 Å². The summed E-state index contributed by atoms with van der Waals surface area (Å²) in [6, 6.07) is 32.5. The number of ether oxygens (including phenoxy) is 5. The minimum atomic E-state index is -1.13. The van der Waals surface area contributed by atoms with E-state index in [1.54, 1.807) is 122 Å². The highest BCUT2D eigenvalue weighted by atomic mass is 16.5. The summed E-state index contributed by atoms with van der Waals surface area (Å²) in [5, 5.41) is 19.6. The molecule has 0 aliphatic carbocycles. The van der Waals surface area contributed by atoms with E-state index in [1.165, 1.54) is 6.07 Å². The van der Waals surface area contributed by atoms with Gasteiger partial charge in [0, 0.05) is 58.8 Å². The fourth-order valence-corrected chi connectivity index (χ4v) is 4.93. The van der Waals surface area contributed by atoms with Crippen molar-refractivity contribution in [1.82, 2.24) is 0 Å². The van der Waals surface area contributed by atoms with Crippen LogP contribution in [0.15, 0.2) is 121 Å². The summed E-state index contributed by atoms with van der Waals surface area (Å²) in [6.07, 6.45) is -0.930. The van der Waals surface area contributed by atoms with Gasteiger partial charge in [-0.2, -0.15) is 0 Å². The van der Waals surface area contributed by atoms with Gasteiger partial charge in [-0.25, -0.2) is 4.79 Å². The van der Waals surface area contributed by atoms with Crippen molar-refractivity contribution >= 4 is 58.0 Å². The number of carbonyl (C=O) groups is 5. The maximum absolute atomic E-state index is 12.7. The number of amides is 4. The molecule has 0 radical (unpaired) electrons. The third-order valence-corrected chi connectivity index (χ3v) is 7.47. The Morgan fingerprint density at radius 1 is 0.509 bits per heavy atom. The van der Waals surface area contributed by atoms with Crippen molar-refractivity contribution in [3.63, 3.8) is 0 Å². The number of aliphatic carboxylic acids is 1. The van der Waals surface area contributed by atoms with Crippen LogP contribution in [0.1, 0.15) is 6.92 Å². The van der Waals surface area contributed by atoms with Crippen LogP contribution in [0.4, 0.5) is 28.4 Å². The van der Waals surface area contributed by atoms with Gasteiger partial charge in [0.2, 0.25) is 0 Å². The zero-order chi connectivity index (χ0) is 40.6. The van der Waals surface area contributed by atoms with Crippen LogP contribution in [0.3, 0.4) is 0 Å². The molecule has 16 heteroatoms. The van der Waals surface area contributed by atoms with Crippen molar-refractivity contribution in [2.75, 3.05) is 53.4 Å². The summed E-state index contributed by atoms with van der Waals surface area (Å²) in [5.74, 6) is -1.18. The zero-order valence-corrected chi connectivity index (χ0v) is 30.6. The van der Waals surface area contributed by atoms with Crippen LogP contribution >= 0.6 is 0 Å². The van der Waals surface area contributed by atoms with Gasteiger partial charge in [0.25, 0.3) is 23.6 Å². The molecule has 0 aliphatic heterocycles. The molecule has 0 saturated carbocycles. The Bertz CT molecular complexity index is 2210. The number of carbonyl (C=O) groups excluding carboxylic acids is 4. The standard InChI is InChI=1S/C41H39N5O11/c1-26(41(52)46-31-11-5-15-35(20-31)56-25-40(50)51)57-36-16-6-10-30(21-36)45-39(49)24-55-34-14-4-9-29(19-34)44-38(48)23-54-33-13-3-8-28(18-33)43-37(47)22-53-32-12-2-7-27(42)17-32/h2-21,26H,22-25,42H2,1H3,(H,43,47)(H,44,48)(H,45,49)(H,46,52)(H,50,51)/t26-/m1/s1. The number of hydrogen-bond acceptors (Lipinski definition) is 11. The average Bonchev–Trinajstić information content (AvgIpc) is 3.18. The molecule has 0 spiro atoms. The van der Waals surface area contributed by atoms with Crippen LogP contribution in [0, 0.1) is 0 Å². The molecule has 0 aliphatic rings. The molecule has 5 rings (SSSR count). The van der Waals surface area contributed by atoms with Crippen molar-refractivity contribution in [3.8, 4) is 28.7 Å². The third kappa shape index (κ3) is 13.9. The van der Waals surface area contributed by atoms with E-state index in [9.17, 15) is 24.0 Å². The number of nitrogens with two attached hydrogens (primary N) is 1. The Hall–Kier alpha value is -7.75. The summed E-state index contributed by atoms with van der Waals surface area (Å²) >= 11 is 0. The molecule has 57 heavy (non-hydrogen) atoms. The molecule has 0 bridgehead atoms. The van der Waals surface area contributed by atoms with E-state index in [0.717, 1.165) is 0 Å². The van der Waals surface area contributed by atoms with Crippen LogP contribution in [0.5, 0.6) is 28.7 Å². The molecular weight excluding hydrogens is 738 g/mol. The monoisotopic (exact) mass is 777 g/mol. The maximum atomic E-state index is 12.7. The number of nitrogen functional groups attached to an aromatic ring is 1. The van der Waals surface area contributed by atoms with Crippen molar-refractivity contribution in [1.29, 1.82) is 0 Å². The van der Waals surface area contributed by atoms with E-state index in [-0.39, 0.29) is 25.6 Å². The topological polar surface area (TPSA) is 226 Å². The van der Waals surface area contributed by atoms with Gasteiger partial charge in [-0.15, -0.1) is 0 Å². The van der Waals surface area contributed by atoms with Crippen molar-refractivity contribution in [2.45, 2.75) is 13.0 Å². The number of carboxylic acids is 1. The lowest BCUT2D eigenvalue weighted by atomic mass is 10.2. The van der Waals surface area contributed by atoms with Gasteiger partial charge < -0.3 is 55.8 Å². The largest absolute Gasteiger partial charge is 0.484 e. The smallest absolute Gasteiger partial charge is 0.341 e. The van der Waals surface area contributed by atoms with Crippen LogP contribution in [-0.2, 0) is 24.0 Å². The zero-order valence-electron chi connectivity index (χ0n) is 30.6. The van der Waals surface area contributed by atoms with Crippen LogP contribution in [0.25, 0.3) is 0 Å². The van der Waals surface area contributed by atoms with Gasteiger partial charge >= 0.3 is 5.97 Å². The predicted octanol–water partition coefficient (Wildman–Crippen LogP) is 5.19. The number of anilines is 5. The lowest BCUT2D eigenvalue weighted by molar-refractivity contribution is -0.139. The van der Waals surface area contributed by atoms with E-state index in [2.05, 4.69) is 21.3 Å². The second-order valence-corrected chi connectivity index (χ2v) is 12.1. The van der Waals surface area contributed by atoms with E-state index >= 15 is 0 Å². The third-order valence-electron chi connectivity index (χ3n) is 7.47. The first kappa shape index (κ1) is 40.4. The van der Waals surface area contributed by atoms with Crippen molar-refractivity contribution < 1.29 is 52.8 Å². The summed E-state index contributed by atoms with van der Waals surface area (Å²) in [4.78, 5) is 61.2. The maximum Gasteiger partial charge on any atom is 0.341 e. The first-order chi connectivity index (χ1) is 27.5. The number of benzene rings is 5.